The predicted octanol–water partition coefficient (Wildman–Crippen LogP) is 6.21. The Morgan fingerprint density at radius 3 is 1.97 bits per heavy atom. The van der Waals surface area contributed by atoms with Crippen LogP contribution < -0.4 is 10.6 Å². The summed E-state index contributed by atoms with van der Waals surface area (Å²) in [6.07, 6.45) is -4.17. The number of carbonyl (C=O) groups is 1. The quantitative estimate of drug-likeness (QED) is 0.353. The molecule has 0 saturated heterocycles. The van der Waals surface area contributed by atoms with Gasteiger partial charge in [-0.15, -0.1) is 0 Å². The third-order valence-corrected chi connectivity index (χ3v) is 5.82. The van der Waals surface area contributed by atoms with Crippen molar-refractivity contribution in [1.29, 1.82) is 5.26 Å². The lowest BCUT2D eigenvalue weighted by Gasteiger charge is -2.29. The van der Waals surface area contributed by atoms with Gasteiger partial charge < -0.3 is 5.32 Å². The first-order valence-corrected chi connectivity index (χ1v) is 11.9. The summed E-state index contributed by atoms with van der Waals surface area (Å²) in [4.78, 5) is 13.1. The maximum atomic E-state index is 14.2. The Balaban J connectivity index is 1.80. The van der Waals surface area contributed by atoms with E-state index in [2.05, 4.69) is 10.6 Å². The van der Waals surface area contributed by atoms with Crippen molar-refractivity contribution in [2.75, 3.05) is 0 Å². The zero-order valence-corrected chi connectivity index (χ0v) is 20.3. The van der Waals surface area contributed by atoms with Crippen LogP contribution in [-0.2, 0) is 11.2 Å². The Labute approximate surface area is 210 Å². The number of halogens is 3. The van der Waals surface area contributed by atoms with E-state index in [1.165, 1.54) is 12.1 Å². The minimum atomic E-state index is -4.62. The average Bonchev–Trinajstić information content (AvgIpc) is 2.86. The molecule has 0 heterocycles. The molecule has 0 unspecified atom stereocenters. The normalized spacial score (nSPS) is 14.0. The van der Waals surface area contributed by atoms with E-state index in [4.69, 9.17) is 0 Å². The number of hydrogen-bond acceptors (Lipinski definition) is 3. The number of alkyl halides is 3. The Morgan fingerprint density at radius 1 is 0.889 bits per heavy atom. The van der Waals surface area contributed by atoms with Crippen molar-refractivity contribution in [3.63, 3.8) is 0 Å². The highest BCUT2D eigenvalue weighted by atomic mass is 19.4. The van der Waals surface area contributed by atoms with Crippen LogP contribution in [-0.4, -0.2) is 24.2 Å². The maximum absolute atomic E-state index is 14.2. The monoisotopic (exact) mass is 493 g/mol. The highest BCUT2D eigenvalue weighted by Crippen LogP contribution is 2.34. The lowest BCUT2D eigenvalue weighted by Crippen LogP contribution is -2.51. The number of nitrogens with zero attached hydrogens (tertiary/aromatic N) is 1. The summed E-state index contributed by atoms with van der Waals surface area (Å²) in [6.45, 7) is 3.68. The molecule has 0 spiro atoms. The zero-order chi connectivity index (χ0) is 26.1. The molecule has 0 radical (unpaired) electrons. The Morgan fingerprint density at radius 2 is 1.44 bits per heavy atom. The van der Waals surface area contributed by atoms with Crippen LogP contribution in [0.4, 0.5) is 13.2 Å². The first-order valence-electron chi connectivity index (χ1n) is 11.9. The highest BCUT2D eigenvalue weighted by Gasteiger charge is 2.43. The molecular formula is C29H30F3N3O. The van der Waals surface area contributed by atoms with Crippen LogP contribution in [0.25, 0.3) is 11.1 Å². The van der Waals surface area contributed by atoms with E-state index in [0.29, 0.717) is 0 Å². The zero-order valence-electron chi connectivity index (χ0n) is 20.3. The van der Waals surface area contributed by atoms with Gasteiger partial charge in [0.2, 0.25) is 5.91 Å². The Hall–Kier alpha value is -3.63. The molecule has 3 aromatic rings. The predicted molar refractivity (Wildman–Crippen MR) is 135 cm³/mol. The van der Waals surface area contributed by atoms with Gasteiger partial charge >= 0.3 is 6.18 Å². The van der Waals surface area contributed by atoms with Crippen molar-refractivity contribution in [2.45, 2.75) is 51.0 Å². The molecule has 0 aliphatic rings. The van der Waals surface area contributed by atoms with E-state index in [9.17, 15) is 23.2 Å². The van der Waals surface area contributed by atoms with Crippen LogP contribution in [0.2, 0.25) is 0 Å². The highest BCUT2D eigenvalue weighted by molar-refractivity contribution is 5.82. The van der Waals surface area contributed by atoms with Gasteiger partial charge in [-0.1, -0.05) is 98.8 Å². The number of amides is 1. The van der Waals surface area contributed by atoms with Crippen LogP contribution in [0.5, 0.6) is 0 Å². The van der Waals surface area contributed by atoms with Crippen molar-refractivity contribution in [3.8, 4) is 17.2 Å². The summed E-state index contributed by atoms with van der Waals surface area (Å²) in [5.74, 6) is -0.668. The van der Waals surface area contributed by atoms with Crippen molar-refractivity contribution in [3.05, 3.63) is 96.1 Å². The molecule has 3 rings (SSSR count). The van der Waals surface area contributed by atoms with E-state index < -0.39 is 30.2 Å². The average molecular weight is 494 g/mol. The third kappa shape index (κ3) is 7.69. The molecule has 36 heavy (non-hydrogen) atoms. The molecular weight excluding hydrogens is 463 g/mol. The minimum Gasteiger partial charge on any atom is -0.339 e. The van der Waals surface area contributed by atoms with Gasteiger partial charge in [0, 0.05) is 6.42 Å². The summed E-state index contributed by atoms with van der Waals surface area (Å²) in [7, 11) is 0. The van der Waals surface area contributed by atoms with Gasteiger partial charge in [-0.2, -0.15) is 18.4 Å². The van der Waals surface area contributed by atoms with Crippen LogP contribution >= 0.6 is 0 Å². The third-order valence-electron chi connectivity index (χ3n) is 5.82. The molecule has 7 heteroatoms. The first-order chi connectivity index (χ1) is 17.2. The van der Waals surface area contributed by atoms with Crippen molar-refractivity contribution >= 4 is 5.91 Å². The topological polar surface area (TPSA) is 64.9 Å². The molecule has 1 amide bonds. The van der Waals surface area contributed by atoms with E-state index in [0.717, 1.165) is 16.7 Å². The number of hydrogen-bond donors (Lipinski definition) is 2. The molecule has 2 N–H and O–H groups in total. The molecule has 0 aliphatic carbocycles. The van der Waals surface area contributed by atoms with Gasteiger partial charge in [-0.3, -0.25) is 10.1 Å². The molecule has 0 bridgehead atoms. The van der Waals surface area contributed by atoms with Crippen molar-refractivity contribution < 1.29 is 18.0 Å². The largest absolute Gasteiger partial charge is 0.407 e. The molecule has 0 aromatic heterocycles. The van der Waals surface area contributed by atoms with Crippen molar-refractivity contribution in [1.82, 2.24) is 10.6 Å². The molecule has 0 saturated carbocycles. The van der Waals surface area contributed by atoms with Gasteiger partial charge in [-0.05, 0) is 34.6 Å². The van der Waals surface area contributed by atoms with Gasteiger partial charge in [0.25, 0.3) is 0 Å². The second-order valence-electron chi connectivity index (χ2n) is 9.19. The first kappa shape index (κ1) is 27.0. The lowest BCUT2D eigenvalue weighted by atomic mass is 9.97. The lowest BCUT2D eigenvalue weighted by molar-refractivity contribution is -0.161. The number of nitrogens with one attached hydrogen (secondary N) is 2. The second kappa shape index (κ2) is 12.4. The summed E-state index contributed by atoms with van der Waals surface area (Å²) in [5, 5.41) is 14.7. The standard InChI is InChI=1S/C29H30F3N3O/c1-20(2)17-26(28(36)34-25(19-33)18-21-9-5-3-6-10-21)35-27(29(30,31)32)24-15-13-23(14-16-24)22-11-7-4-8-12-22/h3-16,20,25-27,35H,17-18H2,1-2H3,(H,34,36)/t25-,26-,27+/m0/s1. The second-order valence-corrected chi connectivity index (χ2v) is 9.19. The Bertz CT molecular complexity index is 1140. The smallest absolute Gasteiger partial charge is 0.339 e. The molecule has 0 aliphatic heterocycles. The number of benzene rings is 3. The molecule has 4 nitrogen and oxygen atoms in total. The fourth-order valence-corrected chi connectivity index (χ4v) is 4.05. The van der Waals surface area contributed by atoms with Gasteiger partial charge in [0.15, 0.2) is 0 Å². The summed E-state index contributed by atoms with van der Waals surface area (Å²) >= 11 is 0. The van der Waals surface area contributed by atoms with E-state index in [1.807, 2.05) is 80.6 Å². The molecule has 188 valence electrons. The fourth-order valence-electron chi connectivity index (χ4n) is 4.05. The minimum absolute atomic E-state index is 0.0184. The molecule has 0 fully saturated rings. The molecule has 3 aromatic carbocycles. The SMILES string of the molecule is CC(C)C[C@H](N[C@H](c1ccc(-c2ccccc2)cc1)C(F)(F)F)C(=O)N[C@H](C#N)Cc1ccccc1. The van der Waals surface area contributed by atoms with Crippen LogP contribution in [0.1, 0.15) is 37.4 Å². The number of carbonyl (C=O) groups excluding carboxylic acids is 1. The number of rotatable bonds is 10. The van der Waals surface area contributed by atoms with E-state index in [-0.39, 0.29) is 24.3 Å². The summed E-state index contributed by atoms with van der Waals surface area (Å²) < 4.78 is 42.5. The van der Waals surface area contributed by atoms with Crippen molar-refractivity contribution in [2.24, 2.45) is 5.92 Å². The van der Waals surface area contributed by atoms with Gasteiger partial charge in [0.1, 0.15) is 12.1 Å². The maximum Gasteiger partial charge on any atom is 0.407 e. The summed E-state index contributed by atoms with van der Waals surface area (Å²) in [6, 6.07) is 22.7. The van der Waals surface area contributed by atoms with Gasteiger partial charge in [-0.25, -0.2) is 0 Å². The van der Waals surface area contributed by atoms with Crippen LogP contribution in [0.3, 0.4) is 0 Å². The fraction of sp³-hybridized carbons (Fsp3) is 0.310. The van der Waals surface area contributed by atoms with Crippen LogP contribution in [0.15, 0.2) is 84.9 Å². The number of nitriles is 1. The summed E-state index contributed by atoms with van der Waals surface area (Å²) in [5.41, 5.74) is 2.57. The van der Waals surface area contributed by atoms with Gasteiger partial charge in [0.05, 0.1) is 12.1 Å². The van der Waals surface area contributed by atoms with E-state index in [1.54, 1.807) is 12.1 Å². The Kier molecular flexibility index (Phi) is 9.26. The van der Waals surface area contributed by atoms with E-state index >= 15 is 0 Å². The van der Waals surface area contributed by atoms with Crippen LogP contribution in [0, 0.1) is 17.2 Å². The molecule has 3 atom stereocenters.